The molecule has 8 heteroatoms. The number of amides is 1. The van der Waals surface area contributed by atoms with Crippen LogP contribution in [0.1, 0.15) is 46.6 Å². The summed E-state index contributed by atoms with van der Waals surface area (Å²) in [6, 6.07) is 6.17. The van der Waals surface area contributed by atoms with Crippen LogP contribution in [0, 0.1) is 0 Å². The number of nitrogen functional groups attached to an aromatic ring is 1. The number of aromatic nitrogens is 2. The van der Waals surface area contributed by atoms with Crippen molar-refractivity contribution in [2.45, 2.75) is 38.5 Å². The van der Waals surface area contributed by atoms with Gasteiger partial charge < -0.3 is 5.73 Å². The van der Waals surface area contributed by atoms with E-state index in [-0.39, 0.29) is 5.91 Å². The number of nitrogens with one attached hydrogen (secondary N) is 1. The van der Waals surface area contributed by atoms with Crippen LogP contribution in [-0.2, 0) is 12.8 Å². The van der Waals surface area contributed by atoms with Crippen molar-refractivity contribution < 1.29 is 4.79 Å². The highest BCUT2D eigenvalue weighted by Crippen LogP contribution is 2.36. The third-order valence-corrected chi connectivity index (χ3v) is 7.97. The van der Waals surface area contributed by atoms with E-state index in [4.69, 9.17) is 10.7 Å². The van der Waals surface area contributed by atoms with Gasteiger partial charge in [0.15, 0.2) is 5.13 Å². The number of pyridine rings is 1. The van der Waals surface area contributed by atoms with Crippen molar-refractivity contribution in [1.82, 2.24) is 9.97 Å². The fraction of sp³-hybridized carbons (Fsp3) is 0.286. The maximum absolute atomic E-state index is 12.9. The number of carbonyl (C=O) groups excluding carboxylic acids is 1. The molecule has 1 amide bonds. The summed E-state index contributed by atoms with van der Waals surface area (Å²) in [5.74, 6) is -0.218. The largest absolute Gasteiger partial charge is 0.397 e. The number of hydrogen-bond acceptors (Lipinski definition) is 7. The molecule has 0 radical (unpaired) electrons. The molecule has 0 fully saturated rings. The van der Waals surface area contributed by atoms with Gasteiger partial charge in [0.1, 0.15) is 9.71 Å². The number of anilines is 2. The summed E-state index contributed by atoms with van der Waals surface area (Å²) in [7, 11) is 0. The molecule has 0 unspecified atom stereocenters. The lowest BCUT2D eigenvalue weighted by atomic mass is 9.96. The van der Waals surface area contributed by atoms with Gasteiger partial charge in [-0.3, -0.25) is 10.1 Å². The summed E-state index contributed by atoms with van der Waals surface area (Å²) < 4.78 is 0. The van der Waals surface area contributed by atoms with Gasteiger partial charge in [-0.25, -0.2) is 9.97 Å². The van der Waals surface area contributed by atoms with E-state index in [1.165, 1.54) is 59.6 Å². The van der Waals surface area contributed by atoms with Gasteiger partial charge in [-0.05, 0) is 48.8 Å². The standard InChI is InChI=1S/C21H20N4OS3/c22-17-13-10-12-6-3-1-2-4-7-14(12)23-20(13)29-18(17)19(26)25-21-24-15(11-28-21)16-8-5-9-27-16/h5,8-11H,1-4,6-7,22H2,(H,24,25,26). The van der Waals surface area contributed by atoms with E-state index in [1.54, 1.807) is 11.3 Å². The van der Waals surface area contributed by atoms with Crippen molar-refractivity contribution in [1.29, 1.82) is 0 Å². The molecular formula is C21H20N4OS3. The van der Waals surface area contributed by atoms with Gasteiger partial charge >= 0.3 is 0 Å². The van der Waals surface area contributed by atoms with Crippen LogP contribution in [0.2, 0.25) is 0 Å². The van der Waals surface area contributed by atoms with Gasteiger partial charge in [0.2, 0.25) is 0 Å². The second-order valence-corrected chi connectivity index (χ2v) is 9.98. The smallest absolute Gasteiger partial charge is 0.269 e. The van der Waals surface area contributed by atoms with Crippen LogP contribution < -0.4 is 11.1 Å². The molecule has 0 saturated heterocycles. The molecule has 1 aliphatic carbocycles. The number of thiazole rings is 1. The van der Waals surface area contributed by atoms with Crippen molar-refractivity contribution >= 4 is 61.0 Å². The molecule has 0 aromatic carbocycles. The van der Waals surface area contributed by atoms with Crippen LogP contribution in [0.25, 0.3) is 20.8 Å². The molecule has 0 aliphatic heterocycles. The fourth-order valence-corrected chi connectivity index (χ4v) is 6.16. The SMILES string of the molecule is Nc1c(C(=O)Nc2nc(-c3cccs3)cs2)sc2nc3c(cc12)CCCCCC3. The predicted octanol–water partition coefficient (Wildman–Crippen LogP) is 5.97. The van der Waals surface area contributed by atoms with Crippen molar-refractivity contribution in [2.24, 2.45) is 0 Å². The average Bonchev–Trinajstić information content (AvgIpc) is 3.42. The summed E-state index contributed by atoms with van der Waals surface area (Å²) in [5.41, 5.74) is 10.2. The number of fused-ring (bicyclic) bond motifs is 2. The van der Waals surface area contributed by atoms with Crippen LogP contribution in [0.5, 0.6) is 0 Å². The van der Waals surface area contributed by atoms with Crippen LogP contribution in [0.15, 0.2) is 29.0 Å². The quantitative estimate of drug-likeness (QED) is 0.411. The Kier molecular flexibility index (Phi) is 5.07. The minimum atomic E-state index is -0.218. The summed E-state index contributed by atoms with van der Waals surface area (Å²) >= 11 is 4.42. The van der Waals surface area contributed by atoms with E-state index in [9.17, 15) is 4.79 Å². The van der Waals surface area contributed by atoms with Crippen LogP contribution in [0.4, 0.5) is 10.8 Å². The number of carbonyl (C=O) groups is 1. The molecule has 0 atom stereocenters. The highest BCUT2D eigenvalue weighted by Gasteiger charge is 2.21. The second kappa shape index (κ2) is 7.85. The maximum atomic E-state index is 12.9. The van der Waals surface area contributed by atoms with Crippen molar-refractivity contribution in [2.75, 3.05) is 11.1 Å². The molecule has 1 aliphatic rings. The lowest BCUT2D eigenvalue weighted by molar-refractivity contribution is 0.103. The Balaban J connectivity index is 1.43. The molecule has 3 N–H and O–H groups in total. The molecule has 4 aromatic rings. The Labute approximate surface area is 180 Å². The number of nitrogens with zero attached hydrogens (tertiary/aromatic N) is 2. The molecule has 4 aromatic heterocycles. The highest BCUT2D eigenvalue weighted by molar-refractivity contribution is 7.21. The fourth-order valence-electron chi connectivity index (χ4n) is 3.70. The zero-order valence-corrected chi connectivity index (χ0v) is 18.2. The number of thiophene rings is 2. The summed E-state index contributed by atoms with van der Waals surface area (Å²) in [4.78, 5) is 24.7. The van der Waals surface area contributed by atoms with Gasteiger partial charge in [-0.15, -0.1) is 34.0 Å². The van der Waals surface area contributed by atoms with Crippen LogP contribution in [-0.4, -0.2) is 15.9 Å². The molecule has 0 spiro atoms. The van der Waals surface area contributed by atoms with Gasteiger partial charge in [0, 0.05) is 16.5 Å². The zero-order chi connectivity index (χ0) is 19.8. The minimum absolute atomic E-state index is 0.218. The molecule has 148 valence electrons. The van der Waals surface area contributed by atoms with Gasteiger partial charge in [0.05, 0.1) is 16.3 Å². The first-order valence-corrected chi connectivity index (χ1v) is 12.3. The third-order valence-electron chi connectivity index (χ3n) is 5.20. The van der Waals surface area contributed by atoms with Gasteiger partial charge in [0.25, 0.3) is 5.91 Å². The number of aryl methyl sites for hydroxylation is 2. The van der Waals surface area contributed by atoms with Crippen molar-refractivity contribution in [3.05, 3.63) is 45.1 Å². The van der Waals surface area contributed by atoms with E-state index in [0.29, 0.717) is 15.7 Å². The summed E-state index contributed by atoms with van der Waals surface area (Å²) in [6.07, 6.45) is 6.95. The Morgan fingerprint density at radius 1 is 1.10 bits per heavy atom. The van der Waals surface area contributed by atoms with Crippen LogP contribution >= 0.6 is 34.0 Å². The molecule has 29 heavy (non-hydrogen) atoms. The normalized spacial score (nSPS) is 14.3. The lowest BCUT2D eigenvalue weighted by Crippen LogP contribution is -2.11. The Morgan fingerprint density at radius 3 is 2.79 bits per heavy atom. The number of hydrogen-bond donors (Lipinski definition) is 2. The first-order chi connectivity index (χ1) is 14.2. The Morgan fingerprint density at radius 2 is 1.97 bits per heavy atom. The Hall–Kier alpha value is -2.29. The van der Waals surface area contributed by atoms with Crippen molar-refractivity contribution in [3.8, 4) is 10.6 Å². The highest BCUT2D eigenvalue weighted by atomic mass is 32.1. The number of nitrogens with two attached hydrogens (primary N) is 1. The summed E-state index contributed by atoms with van der Waals surface area (Å²) in [6.45, 7) is 0. The monoisotopic (exact) mass is 440 g/mol. The van der Waals surface area contributed by atoms with E-state index >= 15 is 0 Å². The topological polar surface area (TPSA) is 80.9 Å². The van der Waals surface area contributed by atoms with E-state index in [1.807, 2.05) is 22.9 Å². The molecule has 0 bridgehead atoms. The van der Waals surface area contributed by atoms with Crippen LogP contribution in [0.3, 0.4) is 0 Å². The van der Waals surface area contributed by atoms with E-state index < -0.39 is 0 Å². The lowest BCUT2D eigenvalue weighted by Gasteiger charge is -2.12. The van der Waals surface area contributed by atoms with Crippen molar-refractivity contribution in [3.63, 3.8) is 0 Å². The zero-order valence-electron chi connectivity index (χ0n) is 15.7. The molecule has 5 rings (SSSR count). The van der Waals surface area contributed by atoms with E-state index in [2.05, 4.69) is 16.4 Å². The molecule has 5 nitrogen and oxygen atoms in total. The molecular weight excluding hydrogens is 420 g/mol. The first kappa shape index (κ1) is 18.7. The van der Waals surface area contributed by atoms with E-state index in [0.717, 1.165) is 33.6 Å². The van der Waals surface area contributed by atoms with Gasteiger partial charge in [-0.1, -0.05) is 18.9 Å². The minimum Gasteiger partial charge on any atom is -0.397 e. The van der Waals surface area contributed by atoms with Gasteiger partial charge in [-0.2, -0.15) is 0 Å². The second-order valence-electron chi connectivity index (χ2n) is 7.18. The maximum Gasteiger partial charge on any atom is 0.269 e. The summed E-state index contributed by atoms with van der Waals surface area (Å²) in [5, 5.41) is 8.36. The molecule has 4 heterocycles. The number of rotatable bonds is 3. The third kappa shape index (κ3) is 3.68. The Bertz CT molecular complexity index is 1180. The first-order valence-electron chi connectivity index (χ1n) is 9.70. The molecule has 0 saturated carbocycles. The average molecular weight is 441 g/mol. The predicted molar refractivity (Wildman–Crippen MR) is 123 cm³/mol.